The first-order valence-corrected chi connectivity index (χ1v) is 8.69. The maximum absolute atomic E-state index is 11.9. The Morgan fingerprint density at radius 2 is 1.54 bits per heavy atom. The molecule has 0 unspecified atom stereocenters. The van der Waals surface area contributed by atoms with Crippen LogP contribution in [0.5, 0.6) is 0 Å². The van der Waals surface area contributed by atoms with Gasteiger partial charge in [0.05, 0.1) is 5.56 Å². The Kier molecular flexibility index (Phi) is 3.19. The number of carboxylic acids is 1. The van der Waals surface area contributed by atoms with Gasteiger partial charge in [0.25, 0.3) is 0 Å². The molecule has 0 spiro atoms. The molecule has 0 bridgehead atoms. The molecule has 4 aromatic rings. The van der Waals surface area contributed by atoms with E-state index in [0.29, 0.717) is 5.56 Å². The Labute approximate surface area is 151 Å². The van der Waals surface area contributed by atoms with Crippen LogP contribution >= 0.6 is 0 Å². The third kappa shape index (κ3) is 2.16. The van der Waals surface area contributed by atoms with Gasteiger partial charge in [-0.05, 0) is 57.1 Å². The van der Waals surface area contributed by atoms with Crippen molar-refractivity contribution in [3.8, 4) is 22.3 Å². The van der Waals surface area contributed by atoms with Crippen molar-refractivity contribution in [1.82, 2.24) is 0 Å². The first-order chi connectivity index (χ1) is 12.7. The molecule has 4 aromatic carbocycles. The zero-order chi connectivity index (χ0) is 17.7. The highest BCUT2D eigenvalue weighted by Crippen LogP contribution is 2.40. The lowest BCUT2D eigenvalue weighted by Crippen LogP contribution is -2.00. The number of hydrogen-bond donors (Lipinski definition) is 1. The zero-order valence-corrected chi connectivity index (χ0v) is 14.1. The monoisotopic (exact) mass is 336 g/mol. The van der Waals surface area contributed by atoms with E-state index in [9.17, 15) is 9.90 Å². The third-order valence-corrected chi connectivity index (χ3v) is 5.25. The topological polar surface area (TPSA) is 37.3 Å². The largest absolute Gasteiger partial charge is 0.478 e. The lowest BCUT2D eigenvalue weighted by Gasteiger charge is -2.13. The molecular formula is C24H16O2. The number of rotatable bonds is 2. The smallest absolute Gasteiger partial charge is 0.336 e. The van der Waals surface area contributed by atoms with Crippen molar-refractivity contribution in [2.45, 2.75) is 6.42 Å². The van der Waals surface area contributed by atoms with Gasteiger partial charge in [-0.15, -0.1) is 0 Å². The second-order valence-corrected chi connectivity index (χ2v) is 6.72. The molecule has 5 rings (SSSR count). The zero-order valence-electron chi connectivity index (χ0n) is 14.1. The van der Waals surface area contributed by atoms with Gasteiger partial charge in [-0.1, -0.05) is 66.7 Å². The van der Waals surface area contributed by atoms with Crippen LogP contribution in [-0.4, -0.2) is 11.1 Å². The lowest BCUT2D eigenvalue weighted by atomic mass is 9.91. The average Bonchev–Trinajstić information content (AvgIpc) is 3.05. The van der Waals surface area contributed by atoms with Crippen LogP contribution in [0, 0.1) is 0 Å². The summed E-state index contributed by atoms with van der Waals surface area (Å²) in [5, 5.41) is 11.8. The fraction of sp³-hybridized carbons (Fsp3) is 0.0417. The molecular weight excluding hydrogens is 320 g/mol. The van der Waals surface area contributed by atoms with Gasteiger partial charge in [-0.2, -0.15) is 0 Å². The summed E-state index contributed by atoms with van der Waals surface area (Å²) >= 11 is 0. The Hall–Kier alpha value is -3.39. The molecule has 1 aliphatic carbocycles. The maximum Gasteiger partial charge on any atom is 0.336 e. The minimum atomic E-state index is -0.897. The first kappa shape index (κ1) is 14.9. The van der Waals surface area contributed by atoms with Gasteiger partial charge < -0.3 is 5.11 Å². The molecule has 0 atom stereocenters. The minimum Gasteiger partial charge on any atom is -0.478 e. The molecule has 0 radical (unpaired) electrons. The molecule has 26 heavy (non-hydrogen) atoms. The van der Waals surface area contributed by atoms with Crippen LogP contribution in [0.4, 0.5) is 0 Å². The summed E-state index contributed by atoms with van der Waals surface area (Å²) in [6, 6.07) is 26.3. The van der Waals surface area contributed by atoms with Gasteiger partial charge >= 0.3 is 5.97 Å². The Bertz CT molecular complexity index is 1190. The predicted molar refractivity (Wildman–Crippen MR) is 105 cm³/mol. The fourth-order valence-electron chi connectivity index (χ4n) is 4.04. The summed E-state index contributed by atoms with van der Waals surface area (Å²) in [6.45, 7) is 0. The minimum absolute atomic E-state index is 0.343. The van der Waals surface area contributed by atoms with Crippen LogP contribution < -0.4 is 0 Å². The predicted octanol–water partition coefficient (Wildman–Crippen LogP) is 5.78. The van der Waals surface area contributed by atoms with Gasteiger partial charge in [0.15, 0.2) is 0 Å². The highest BCUT2D eigenvalue weighted by atomic mass is 16.4. The number of carboxylic acid groups (broad SMARTS) is 1. The van der Waals surface area contributed by atoms with Crippen molar-refractivity contribution in [2.24, 2.45) is 0 Å². The number of fused-ring (bicyclic) bond motifs is 4. The van der Waals surface area contributed by atoms with E-state index in [4.69, 9.17) is 0 Å². The third-order valence-electron chi connectivity index (χ3n) is 5.25. The Morgan fingerprint density at radius 1 is 0.769 bits per heavy atom. The standard InChI is InChI=1S/C24H16O2/c25-24(26)21-12-11-15-5-1-4-8-20(15)23(21)18-10-9-17-13-16-6-2-3-7-19(16)22(17)14-18/h1-12,14H,13H2,(H,25,26). The van der Waals surface area contributed by atoms with Crippen molar-refractivity contribution in [3.63, 3.8) is 0 Å². The van der Waals surface area contributed by atoms with E-state index >= 15 is 0 Å². The van der Waals surface area contributed by atoms with Crippen LogP contribution in [0.1, 0.15) is 21.5 Å². The van der Waals surface area contributed by atoms with Gasteiger partial charge in [0.1, 0.15) is 0 Å². The van der Waals surface area contributed by atoms with Crippen LogP contribution in [0.2, 0.25) is 0 Å². The summed E-state index contributed by atoms with van der Waals surface area (Å²) in [5.41, 5.74) is 7.18. The van der Waals surface area contributed by atoms with Gasteiger partial charge in [-0.25, -0.2) is 4.79 Å². The molecule has 0 fully saturated rings. The summed E-state index contributed by atoms with van der Waals surface area (Å²) in [4.78, 5) is 11.9. The molecule has 1 N–H and O–H groups in total. The lowest BCUT2D eigenvalue weighted by molar-refractivity contribution is 0.0698. The summed E-state index contributed by atoms with van der Waals surface area (Å²) < 4.78 is 0. The van der Waals surface area contributed by atoms with E-state index in [0.717, 1.165) is 28.3 Å². The normalized spacial score (nSPS) is 12.0. The fourth-order valence-corrected chi connectivity index (χ4v) is 4.04. The van der Waals surface area contributed by atoms with Crippen LogP contribution in [0.25, 0.3) is 33.0 Å². The second kappa shape index (κ2) is 5.57. The highest BCUT2D eigenvalue weighted by molar-refractivity contribution is 6.08. The van der Waals surface area contributed by atoms with E-state index in [1.54, 1.807) is 6.07 Å². The Morgan fingerprint density at radius 3 is 2.42 bits per heavy atom. The molecule has 0 heterocycles. The van der Waals surface area contributed by atoms with E-state index in [-0.39, 0.29) is 0 Å². The van der Waals surface area contributed by atoms with E-state index < -0.39 is 5.97 Å². The van der Waals surface area contributed by atoms with Crippen LogP contribution in [0.3, 0.4) is 0 Å². The first-order valence-electron chi connectivity index (χ1n) is 8.69. The molecule has 0 amide bonds. The summed E-state index contributed by atoms with van der Waals surface area (Å²) in [6.07, 6.45) is 0.938. The number of aromatic carboxylic acids is 1. The molecule has 2 heteroatoms. The summed E-state index contributed by atoms with van der Waals surface area (Å²) in [7, 11) is 0. The molecule has 124 valence electrons. The van der Waals surface area contributed by atoms with E-state index in [1.165, 1.54) is 22.3 Å². The number of carbonyl (C=O) groups is 1. The number of benzene rings is 4. The highest BCUT2D eigenvalue weighted by Gasteiger charge is 2.21. The SMILES string of the molecule is O=C(O)c1ccc2ccccc2c1-c1ccc2c(c1)-c1ccccc1C2. The molecule has 0 aromatic heterocycles. The van der Waals surface area contributed by atoms with Crippen molar-refractivity contribution < 1.29 is 9.90 Å². The van der Waals surface area contributed by atoms with Crippen LogP contribution in [-0.2, 0) is 6.42 Å². The van der Waals surface area contributed by atoms with Gasteiger partial charge in [0.2, 0.25) is 0 Å². The molecule has 0 saturated heterocycles. The molecule has 0 aliphatic heterocycles. The van der Waals surface area contributed by atoms with Gasteiger partial charge in [0, 0.05) is 5.56 Å². The molecule has 0 saturated carbocycles. The molecule has 1 aliphatic rings. The van der Waals surface area contributed by atoms with Crippen molar-refractivity contribution in [3.05, 3.63) is 95.6 Å². The molecule has 2 nitrogen and oxygen atoms in total. The quantitative estimate of drug-likeness (QED) is 0.444. The van der Waals surface area contributed by atoms with E-state index in [1.807, 2.05) is 30.3 Å². The summed E-state index contributed by atoms with van der Waals surface area (Å²) in [5.74, 6) is -0.897. The van der Waals surface area contributed by atoms with Crippen molar-refractivity contribution in [1.29, 1.82) is 0 Å². The van der Waals surface area contributed by atoms with Gasteiger partial charge in [-0.3, -0.25) is 0 Å². The van der Waals surface area contributed by atoms with Crippen molar-refractivity contribution in [2.75, 3.05) is 0 Å². The average molecular weight is 336 g/mol. The second-order valence-electron chi connectivity index (χ2n) is 6.72. The maximum atomic E-state index is 11.9. The number of hydrogen-bond acceptors (Lipinski definition) is 1. The van der Waals surface area contributed by atoms with Crippen LogP contribution in [0.15, 0.2) is 78.9 Å². The Balaban J connectivity index is 1.80. The van der Waals surface area contributed by atoms with Crippen molar-refractivity contribution >= 4 is 16.7 Å². The van der Waals surface area contributed by atoms with E-state index in [2.05, 4.69) is 42.5 Å².